The molecule has 0 unspecified atom stereocenters. The first kappa shape index (κ1) is 82.6. The molecule has 4 aliphatic heterocycles. The fraction of sp³-hybridized carbons (Fsp3) is 0.232. The van der Waals surface area contributed by atoms with Gasteiger partial charge in [0.15, 0.2) is 0 Å². The van der Waals surface area contributed by atoms with Crippen LogP contribution in [0.1, 0.15) is 189 Å². The summed E-state index contributed by atoms with van der Waals surface area (Å²) in [7, 11) is 0. The van der Waals surface area contributed by atoms with Gasteiger partial charge in [-0.05, 0) is 290 Å². The summed E-state index contributed by atoms with van der Waals surface area (Å²) in [5, 5.41) is 10.2. The average molecular weight is 1720 g/mol. The highest BCUT2D eigenvalue weighted by Gasteiger charge is 2.47. The number of rotatable bonds is 9. The van der Waals surface area contributed by atoms with Crippen LogP contribution < -0.4 is 37.1 Å². The fourth-order valence-electron chi connectivity index (χ4n) is 23.4. The second-order valence-electron chi connectivity index (χ2n) is 46.1. The molecule has 4 aromatic heterocycles. The number of aryl methyl sites for hydroxylation is 1. The molecule has 24 rings (SSSR count). The Kier molecular flexibility index (Phi) is 17.7. The molecule has 0 fully saturated rings. The summed E-state index contributed by atoms with van der Waals surface area (Å²) < 4.78 is 10.6. The predicted octanol–water partition coefficient (Wildman–Crippen LogP) is 30.1. The zero-order valence-corrected chi connectivity index (χ0v) is 81.0. The molecule has 6 nitrogen and oxygen atoms in total. The summed E-state index contributed by atoms with van der Waals surface area (Å²) in [5.74, 6) is 0. The number of hydrogen-bond acceptors (Lipinski definition) is 2. The first-order valence-corrected chi connectivity index (χ1v) is 48.3. The lowest BCUT2D eigenvalue weighted by Gasteiger charge is -2.44. The van der Waals surface area contributed by atoms with Crippen molar-refractivity contribution in [2.75, 3.05) is 9.80 Å². The van der Waals surface area contributed by atoms with Gasteiger partial charge in [-0.2, -0.15) is 0 Å². The molecule has 4 aliphatic rings. The van der Waals surface area contributed by atoms with E-state index >= 15 is 0 Å². The normalized spacial score (nSPS) is 13.9. The average Bonchev–Trinajstić information content (AvgIpc) is 1.47. The van der Waals surface area contributed by atoms with E-state index in [4.69, 9.17) is 0 Å². The number of hydrogen-bond donors (Lipinski definition) is 0. The van der Waals surface area contributed by atoms with E-state index in [-0.39, 0.29) is 46.1 Å². The van der Waals surface area contributed by atoms with E-state index in [9.17, 15) is 0 Å². The third kappa shape index (κ3) is 12.7. The standard InChI is InChI=1S/C125H116B2N6/c1-74-60-112-116-113(61-74)129(88-51-46-83(47-52-88)122(11,12)13)111-72-90(54-57-102(111)126(116)101-56-53-89(71-110(101)128(112)87-49-44-82(45-50-87)121(8,9)10)130-104-31-25-22-28-91(104)92-29-23-26-32-105(92)130)131-106-33-27-24-30-93(106)94-55-34-75(62-109(94)131)73-125(20,21)86-69-97-100-68-85(124(17,18)19)67-99-96-66-84(123(14,15)16)48-59-108(96)133(117(99)100)127-103-65-79(77-37-42-81(43-38-77)120(5,6)7)64-98-95-63-78(76-35-40-80(41-36-76)119(2,3)4)39-58-107(95)132(118(98)103)114(70-86)115(97)127/h22-72H,73H2,1-21H3. The number of fused-ring (bicyclic) bond motifs is 20. The van der Waals surface area contributed by atoms with Gasteiger partial charge in [-0.1, -0.05) is 314 Å². The molecule has 652 valence electrons. The van der Waals surface area contributed by atoms with Gasteiger partial charge in [0, 0.05) is 111 Å². The third-order valence-corrected chi connectivity index (χ3v) is 30.6. The summed E-state index contributed by atoms with van der Waals surface area (Å²) in [6, 6.07) is 122. The second kappa shape index (κ2) is 28.5. The molecule has 0 spiro atoms. The number of benzene rings is 16. The van der Waals surface area contributed by atoms with E-state index in [1.54, 1.807) is 0 Å². The van der Waals surface area contributed by atoms with Gasteiger partial charge in [0.05, 0.1) is 33.1 Å². The summed E-state index contributed by atoms with van der Waals surface area (Å²) in [6.07, 6.45) is 0.783. The van der Waals surface area contributed by atoms with E-state index in [0.29, 0.717) is 0 Å². The van der Waals surface area contributed by atoms with Gasteiger partial charge in [0.2, 0.25) is 0 Å². The summed E-state index contributed by atoms with van der Waals surface area (Å²) in [5.41, 5.74) is 45.6. The maximum absolute atomic E-state index is 2.80. The Hall–Kier alpha value is -13.6. The smallest absolute Gasteiger partial charge is 0.333 e. The van der Waals surface area contributed by atoms with Crippen molar-refractivity contribution in [3.63, 3.8) is 0 Å². The maximum atomic E-state index is 2.80. The van der Waals surface area contributed by atoms with Crippen LogP contribution in [0, 0.1) is 6.92 Å². The summed E-state index contributed by atoms with van der Waals surface area (Å²) in [6.45, 7) is 49.2. The van der Waals surface area contributed by atoms with Crippen molar-refractivity contribution in [1.29, 1.82) is 0 Å². The molecule has 0 saturated heterocycles. The van der Waals surface area contributed by atoms with E-state index in [1.807, 2.05) is 0 Å². The van der Waals surface area contributed by atoms with Crippen molar-refractivity contribution >= 4 is 162 Å². The Bertz CT molecular complexity index is 8310. The lowest BCUT2D eigenvalue weighted by molar-refractivity contribution is 0.522. The van der Waals surface area contributed by atoms with Gasteiger partial charge in [-0.3, -0.25) is 0 Å². The van der Waals surface area contributed by atoms with Crippen molar-refractivity contribution in [1.82, 2.24) is 18.2 Å². The molecule has 0 radical (unpaired) electrons. The number of para-hydroxylation sites is 3. The largest absolute Gasteiger partial charge is 0.375 e. The lowest BCUT2D eigenvalue weighted by atomic mass is 9.33. The Morgan fingerprint density at radius 1 is 0.241 bits per heavy atom. The van der Waals surface area contributed by atoms with Crippen LogP contribution in [0.15, 0.2) is 309 Å². The van der Waals surface area contributed by atoms with Crippen LogP contribution in [-0.2, 0) is 44.3 Å². The van der Waals surface area contributed by atoms with Gasteiger partial charge in [-0.25, -0.2) is 0 Å². The van der Waals surface area contributed by atoms with Gasteiger partial charge >= 0.3 is 6.85 Å². The van der Waals surface area contributed by atoms with Gasteiger partial charge < -0.3 is 28.0 Å². The van der Waals surface area contributed by atoms with Crippen LogP contribution in [0.4, 0.5) is 34.1 Å². The van der Waals surface area contributed by atoms with Crippen LogP contribution in [0.5, 0.6) is 0 Å². The third-order valence-electron chi connectivity index (χ3n) is 30.6. The SMILES string of the molecule is Cc1cc2c3c(c1)N(c1ccc(C(C)(C)C)cc1)c1cc(-n4c5ccccc5c5ccc(CC(C)(C)c6cc7c8c(c6)-n6c9ccc(-c%10ccc(C(C)(C)C)cc%10)cc9c9cc(-c%10ccc(C(C)(C)C)cc%10)cc(c96)B8n6c8ccc(C(C)(C)C)cc8c8cc(C(C)(C)C)cc-7c86)cc54)ccc1B3c1ccc(-n3c4ccccc4c4ccccc43)cc1N2c1ccc(C(C)(C)C)cc1. The minimum absolute atomic E-state index is 0.0101. The van der Waals surface area contributed by atoms with Crippen molar-refractivity contribution in [3.8, 4) is 50.4 Å². The predicted molar refractivity (Wildman–Crippen MR) is 573 cm³/mol. The van der Waals surface area contributed by atoms with Crippen molar-refractivity contribution in [2.45, 2.75) is 190 Å². The minimum Gasteiger partial charge on any atom is -0.375 e. The molecular formula is C125H116B2N6. The molecule has 0 N–H and O–H groups in total. The molecule has 0 atom stereocenters. The zero-order valence-electron chi connectivity index (χ0n) is 81.0. The van der Waals surface area contributed by atoms with Crippen molar-refractivity contribution in [2.24, 2.45) is 0 Å². The highest BCUT2D eigenvalue weighted by Crippen LogP contribution is 2.53. The van der Waals surface area contributed by atoms with Crippen molar-refractivity contribution in [3.05, 3.63) is 359 Å². The molecule has 8 heterocycles. The van der Waals surface area contributed by atoms with Crippen LogP contribution in [-0.4, -0.2) is 31.7 Å². The molecule has 0 bridgehead atoms. The number of nitrogens with zero attached hydrogens (tertiary/aromatic N) is 6. The Morgan fingerprint density at radius 2 is 0.654 bits per heavy atom. The summed E-state index contributed by atoms with van der Waals surface area (Å²) in [4.78, 5) is 5.20. The van der Waals surface area contributed by atoms with Crippen LogP contribution >= 0.6 is 0 Å². The molecule has 0 amide bonds. The molecule has 20 aromatic rings. The maximum Gasteiger partial charge on any atom is 0.333 e. The molecule has 16 aromatic carbocycles. The van der Waals surface area contributed by atoms with Crippen LogP contribution in [0.2, 0.25) is 0 Å². The second-order valence-corrected chi connectivity index (χ2v) is 46.1. The monoisotopic (exact) mass is 1720 g/mol. The Balaban J connectivity index is 0.704. The minimum atomic E-state index is -0.402. The highest BCUT2D eigenvalue weighted by atomic mass is 15.2. The zero-order chi connectivity index (χ0) is 91.9. The number of aromatic nitrogens is 4. The topological polar surface area (TPSA) is 26.2 Å². The number of anilines is 6. The van der Waals surface area contributed by atoms with E-state index in [2.05, 4.69) is 483 Å². The van der Waals surface area contributed by atoms with Crippen LogP contribution in [0.25, 0.3) is 138 Å². The molecule has 8 heteroatoms. The van der Waals surface area contributed by atoms with E-state index < -0.39 is 5.41 Å². The Morgan fingerprint density at radius 3 is 1.17 bits per heavy atom. The fourth-order valence-corrected chi connectivity index (χ4v) is 23.4. The Labute approximate surface area is 784 Å². The molecule has 133 heavy (non-hydrogen) atoms. The first-order valence-electron chi connectivity index (χ1n) is 48.3. The molecular weight excluding hydrogens is 1610 g/mol. The van der Waals surface area contributed by atoms with E-state index in [1.165, 1.54) is 226 Å². The first-order chi connectivity index (χ1) is 63.4. The highest BCUT2D eigenvalue weighted by molar-refractivity contribution is 7.00. The molecule has 0 aliphatic carbocycles. The van der Waals surface area contributed by atoms with E-state index in [0.717, 1.165) is 29.2 Å². The quantitative estimate of drug-likeness (QED) is 0.135. The van der Waals surface area contributed by atoms with Crippen molar-refractivity contribution < 1.29 is 0 Å². The van der Waals surface area contributed by atoms with Crippen LogP contribution in [0.3, 0.4) is 0 Å². The van der Waals surface area contributed by atoms with Gasteiger partial charge in [0.1, 0.15) is 0 Å². The molecule has 0 saturated carbocycles. The van der Waals surface area contributed by atoms with Gasteiger partial charge in [0.25, 0.3) is 6.71 Å². The summed E-state index contributed by atoms with van der Waals surface area (Å²) >= 11 is 0. The van der Waals surface area contributed by atoms with Gasteiger partial charge in [-0.15, -0.1) is 0 Å². The lowest BCUT2D eigenvalue weighted by Crippen LogP contribution is -2.61.